The van der Waals surface area contributed by atoms with Crippen LogP contribution in [0.15, 0.2) is 60.8 Å². The fraction of sp³-hybridized carbons (Fsp3) is 0.500. The van der Waals surface area contributed by atoms with E-state index in [4.69, 9.17) is 5.11 Å². The van der Waals surface area contributed by atoms with Crippen molar-refractivity contribution in [1.82, 2.24) is 0 Å². The van der Waals surface area contributed by atoms with E-state index >= 15 is 0 Å². The zero-order valence-electron chi connectivity index (χ0n) is 15.8. The zero-order chi connectivity index (χ0) is 19.5. The van der Waals surface area contributed by atoms with Crippen LogP contribution in [0.4, 0.5) is 0 Å². The highest BCUT2D eigenvalue weighted by Crippen LogP contribution is 2.05. The average molecular weight is 363 g/mol. The van der Waals surface area contributed by atoms with E-state index in [1.807, 2.05) is 55.5 Å². The molecule has 3 N–H and O–H groups in total. The molecule has 2 unspecified atom stereocenters. The first-order valence-corrected chi connectivity index (χ1v) is 9.45. The molecule has 0 aliphatic heterocycles. The van der Waals surface area contributed by atoms with Gasteiger partial charge in [0.2, 0.25) is 0 Å². The Bertz CT molecular complexity index is 486. The van der Waals surface area contributed by atoms with Crippen LogP contribution in [0.2, 0.25) is 0 Å². The lowest BCUT2D eigenvalue weighted by atomic mass is 10.1. The van der Waals surface area contributed by atoms with Crippen LogP contribution in [0.25, 0.3) is 0 Å². The first kappa shape index (κ1) is 24.1. The van der Waals surface area contributed by atoms with Gasteiger partial charge in [-0.3, -0.25) is 4.79 Å². The molecule has 0 aliphatic carbocycles. The number of aliphatic hydroxyl groups excluding tert-OH is 2. The number of hydrogen-bond donors (Lipinski definition) is 3. The number of carbonyl (C=O) groups is 1. The van der Waals surface area contributed by atoms with Gasteiger partial charge in [0.1, 0.15) is 0 Å². The molecule has 0 saturated heterocycles. The number of carboxylic acids is 1. The van der Waals surface area contributed by atoms with Crippen LogP contribution in [0.1, 0.15) is 58.3 Å². The van der Waals surface area contributed by atoms with Gasteiger partial charge in [0.25, 0.3) is 0 Å². The Morgan fingerprint density at radius 1 is 0.846 bits per heavy atom. The molecule has 0 aromatic carbocycles. The van der Waals surface area contributed by atoms with Crippen molar-refractivity contribution in [2.24, 2.45) is 0 Å². The Kier molecular flexibility index (Phi) is 16.6. The van der Waals surface area contributed by atoms with Gasteiger partial charge in [-0.1, -0.05) is 74.1 Å². The van der Waals surface area contributed by atoms with Crippen molar-refractivity contribution in [3.05, 3.63) is 60.8 Å². The number of aliphatic carboxylic acids is 1. The van der Waals surface area contributed by atoms with Gasteiger partial charge in [0, 0.05) is 6.42 Å². The monoisotopic (exact) mass is 362 g/mol. The van der Waals surface area contributed by atoms with Crippen LogP contribution in [0.5, 0.6) is 0 Å². The molecule has 0 rings (SSSR count). The highest BCUT2D eigenvalue weighted by molar-refractivity contribution is 5.66. The summed E-state index contributed by atoms with van der Waals surface area (Å²) in [5, 5.41) is 27.7. The summed E-state index contributed by atoms with van der Waals surface area (Å²) < 4.78 is 0. The lowest BCUT2D eigenvalue weighted by molar-refractivity contribution is -0.137. The second-order valence-electron chi connectivity index (χ2n) is 6.10. The predicted octanol–water partition coefficient (Wildman–Crippen LogP) is 4.71. The molecule has 4 heteroatoms. The third-order valence-electron chi connectivity index (χ3n) is 3.66. The molecule has 2 atom stereocenters. The molecule has 0 amide bonds. The van der Waals surface area contributed by atoms with Crippen molar-refractivity contribution in [3.63, 3.8) is 0 Å². The van der Waals surface area contributed by atoms with Crippen molar-refractivity contribution in [1.29, 1.82) is 0 Å². The lowest BCUT2D eigenvalue weighted by Gasteiger charge is -1.99. The third kappa shape index (κ3) is 18.4. The Balaban J connectivity index is 3.71. The molecular weight excluding hydrogens is 328 g/mol. The van der Waals surface area contributed by atoms with Gasteiger partial charge >= 0.3 is 5.97 Å². The average Bonchev–Trinajstić information content (AvgIpc) is 2.61. The standard InChI is InChI=1S/C22H34O4/c1-2-20(23)16-12-8-4-3-5-9-13-17-21(24)18-14-10-6-7-11-15-19-22(25)26/h4-5,8-10,12-14,16-17,20-21,23-24H,2-3,6-7,11,15,18-19H2,1H3,(H,25,26). The summed E-state index contributed by atoms with van der Waals surface area (Å²) in [6.45, 7) is 1.93. The maximum Gasteiger partial charge on any atom is 0.303 e. The number of carboxylic acid groups (broad SMARTS) is 1. The molecular formula is C22H34O4. The van der Waals surface area contributed by atoms with Gasteiger partial charge in [0.05, 0.1) is 12.2 Å². The second kappa shape index (κ2) is 17.9. The predicted molar refractivity (Wildman–Crippen MR) is 108 cm³/mol. The first-order valence-electron chi connectivity index (χ1n) is 9.45. The maximum absolute atomic E-state index is 10.4. The molecule has 0 aromatic rings. The highest BCUT2D eigenvalue weighted by atomic mass is 16.4. The molecule has 0 heterocycles. The number of allylic oxidation sites excluding steroid dienone is 7. The Morgan fingerprint density at radius 3 is 2.12 bits per heavy atom. The van der Waals surface area contributed by atoms with E-state index in [-0.39, 0.29) is 12.5 Å². The minimum absolute atomic E-state index is 0.245. The molecule has 0 bridgehead atoms. The van der Waals surface area contributed by atoms with Crippen LogP contribution < -0.4 is 0 Å². The largest absolute Gasteiger partial charge is 0.481 e. The van der Waals surface area contributed by atoms with E-state index in [9.17, 15) is 15.0 Å². The quantitative estimate of drug-likeness (QED) is 0.224. The summed E-state index contributed by atoms with van der Waals surface area (Å²) in [7, 11) is 0. The van der Waals surface area contributed by atoms with E-state index in [1.54, 1.807) is 12.2 Å². The van der Waals surface area contributed by atoms with Gasteiger partial charge < -0.3 is 15.3 Å². The van der Waals surface area contributed by atoms with E-state index in [2.05, 4.69) is 0 Å². The Morgan fingerprint density at radius 2 is 1.50 bits per heavy atom. The van der Waals surface area contributed by atoms with Gasteiger partial charge in [0.15, 0.2) is 0 Å². The first-order chi connectivity index (χ1) is 12.6. The Labute approximate surface area is 157 Å². The molecule has 0 fully saturated rings. The summed E-state index contributed by atoms with van der Waals surface area (Å²) in [5.41, 5.74) is 0. The molecule has 4 nitrogen and oxygen atoms in total. The zero-order valence-corrected chi connectivity index (χ0v) is 15.8. The van der Waals surface area contributed by atoms with E-state index in [1.165, 1.54) is 0 Å². The molecule has 0 spiro atoms. The van der Waals surface area contributed by atoms with Crippen molar-refractivity contribution < 1.29 is 20.1 Å². The summed E-state index contributed by atoms with van der Waals surface area (Å²) >= 11 is 0. The fourth-order valence-corrected chi connectivity index (χ4v) is 2.06. The molecule has 0 aliphatic rings. The van der Waals surface area contributed by atoms with E-state index < -0.39 is 12.1 Å². The van der Waals surface area contributed by atoms with Crippen molar-refractivity contribution >= 4 is 5.97 Å². The van der Waals surface area contributed by atoms with Gasteiger partial charge in [-0.25, -0.2) is 0 Å². The minimum Gasteiger partial charge on any atom is -0.481 e. The summed E-state index contributed by atoms with van der Waals surface area (Å²) in [6, 6.07) is 0. The van der Waals surface area contributed by atoms with Crippen molar-refractivity contribution in [2.45, 2.75) is 70.5 Å². The van der Waals surface area contributed by atoms with Crippen LogP contribution in [0, 0.1) is 0 Å². The highest BCUT2D eigenvalue weighted by Gasteiger charge is 1.96. The van der Waals surface area contributed by atoms with Gasteiger partial charge in [-0.15, -0.1) is 0 Å². The van der Waals surface area contributed by atoms with E-state index in [0.717, 1.165) is 38.5 Å². The molecule has 146 valence electrons. The van der Waals surface area contributed by atoms with Crippen molar-refractivity contribution in [2.75, 3.05) is 0 Å². The molecule has 26 heavy (non-hydrogen) atoms. The van der Waals surface area contributed by atoms with Crippen LogP contribution >= 0.6 is 0 Å². The normalized spacial score (nSPS) is 15.2. The summed E-state index contributed by atoms with van der Waals surface area (Å²) in [4.78, 5) is 10.4. The number of rotatable bonds is 15. The molecule has 0 aromatic heterocycles. The van der Waals surface area contributed by atoms with Crippen LogP contribution in [0.3, 0.4) is 0 Å². The van der Waals surface area contributed by atoms with Crippen LogP contribution in [-0.4, -0.2) is 33.5 Å². The number of aliphatic hydroxyl groups is 2. The third-order valence-corrected chi connectivity index (χ3v) is 3.66. The molecule has 0 radical (unpaired) electrons. The van der Waals surface area contributed by atoms with Gasteiger partial charge in [-0.05, 0) is 38.5 Å². The number of hydrogen-bond acceptors (Lipinski definition) is 3. The lowest BCUT2D eigenvalue weighted by Crippen LogP contribution is -1.98. The van der Waals surface area contributed by atoms with Crippen LogP contribution in [-0.2, 0) is 4.79 Å². The smallest absolute Gasteiger partial charge is 0.303 e. The Hall–Kier alpha value is -1.91. The summed E-state index contributed by atoms with van der Waals surface area (Å²) in [5.74, 6) is -0.732. The maximum atomic E-state index is 10.4. The minimum atomic E-state index is -0.732. The van der Waals surface area contributed by atoms with Crippen molar-refractivity contribution in [3.8, 4) is 0 Å². The SMILES string of the molecule is CCC(O)C=CC=CCC=CC=CC(O)CC=CCCCCCC(=O)O. The summed E-state index contributed by atoms with van der Waals surface area (Å²) in [6.07, 6.45) is 24.1. The molecule has 0 saturated carbocycles. The van der Waals surface area contributed by atoms with E-state index in [0.29, 0.717) is 6.42 Å². The van der Waals surface area contributed by atoms with Gasteiger partial charge in [-0.2, -0.15) is 0 Å². The topological polar surface area (TPSA) is 77.8 Å². The second-order valence-corrected chi connectivity index (χ2v) is 6.10. The number of unbranched alkanes of at least 4 members (excludes halogenated alkanes) is 3. The fourth-order valence-electron chi connectivity index (χ4n) is 2.06.